The van der Waals surface area contributed by atoms with Gasteiger partial charge in [-0.2, -0.15) is 0 Å². The standard InChI is InChI=1S/C13H16N2OS/c1-15(13(16)17-2)8-7-10-9-14-12-6-4-3-5-11(10)12/h3-6,9,14H,7-8H2,1-2H3. The van der Waals surface area contributed by atoms with E-state index in [1.165, 1.54) is 22.7 Å². The van der Waals surface area contributed by atoms with Crippen LogP contribution in [0.25, 0.3) is 10.9 Å². The van der Waals surface area contributed by atoms with Gasteiger partial charge in [0, 0.05) is 30.7 Å². The van der Waals surface area contributed by atoms with Crippen LogP contribution >= 0.6 is 11.8 Å². The van der Waals surface area contributed by atoms with E-state index in [1.54, 1.807) is 4.90 Å². The van der Waals surface area contributed by atoms with Crippen molar-refractivity contribution in [3.8, 4) is 0 Å². The van der Waals surface area contributed by atoms with Crippen LogP contribution in [0.3, 0.4) is 0 Å². The molecular weight excluding hydrogens is 232 g/mol. The molecule has 0 aliphatic carbocycles. The van der Waals surface area contributed by atoms with Gasteiger partial charge in [-0.1, -0.05) is 30.0 Å². The number of hydrogen-bond donors (Lipinski definition) is 1. The fraction of sp³-hybridized carbons (Fsp3) is 0.308. The summed E-state index contributed by atoms with van der Waals surface area (Å²) in [6, 6.07) is 8.23. The molecule has 2 aromatic rings. The van der Waals surface area contributed by atoms with E-state index < -0.39 is 0 Å². The normalized spacial score (nSPS) is 10.7. The predicted molar refractivity (Wildman–Crippen MR) is 73.5 cm³/mol. The number of benzene rings is 1. The smallest absolute Gasteiger partial charge is 0.281 e. The number of hydrogen-bond acceptors (Lipinski definition) is 2. The third kappa shape index (κ3) is 2.64. The Hall–Kier alpha value is -1.42. The predicted octanol–water partition coefficient (Wildman–Crippen LogP) is 3.13. The van der Waals surface area contributed by atoms with Crippen molar-refractivity contribution in [1.29, 1.82) is 0 Å². The van der Waals surface area contributed by atoms with Crippen molar-refractivity contribution in [1.82, 2.24) is 9.88 Å². The quantitative estimate of drug-likeness (QED) is 0.906. The lowest BCUT2D eigenvalue weighted by Gasteiger charge is -2.14. The maximum Gasteiger partial charge on any atom is 0.281 e. The summed E-state index contributed by atoms with van der Waals surface area (Å²) in [5, 5.41) is 1.36. The van der Waals surface area contributed by atoms with Crippen LogP contribution in [0.2, 0.25) is 0 Å². The molecule has 0 unspecified atom stereocenters. The van der Waals surface area contributed by atoms with E-state index in [1.807, 2.05) is 31.6 Å². The molecule has 1 heterocycles. The van der Waals surface area contributed by atoms with Crippen molar-refractivity contribution in [3.63, 3.8) is 0 Å². The number of nitrogens with zero attached hydrogens (tertiary/aromatic N) is 1. The highest BCUT2D eigenvalue weighted by molar-refractivity contribution is 8.12. The van der Waals surface area contributed by atoms with Gasteiger partial charge >= 0.3 is 0 Å². The average molecular weight is 248 g/mol. The Bertz CT molecular complexity index is 521. The minimum atomic E-state index is 0.116. The summed E-state index contributed by atoms with van der Waals surface area (Å²) in [5.41, 5.74) is 2.42. The molecule has 0 atom stereocenters. The van der Waals surface area contributed by atoms with Crippen LogP contribution in [0.15, 0.2) is 30.5 Å². The molecular formula is C13H16N2OS. The zero-order valence-corrected chi connectivity index (χ0v) is 10.9. The van der Waals surface area contributed by atoms with Crippen LogP contribution in [0.1, 0.15) is 5.56 Å². The van der Waals surface area contributed by atoms with Crippen LogP contribution in [-0.2, 0) is 6.42 Å². The number of nitrogens with one attached hydrogen (secondary N) is 1. The molecule has 0 aliphatic heterocycles. The highest BCUT2D eigenvalue weighted by atomic mass is 32.2. The van der Waals surface area contributed by atoms with Gasteiger partial charge in [0.2, 0.25) is 0 Å². The molecule has 1 N–H and O–H groups in total. The highest BCUT2D eigenvalue weighted by Crippen LogP contribution is 2.18. The molecule has 2 rings (SSSR count). The minimum absolute atomic E-state index is 0.116. The van der Waals surface area contributed by atoms with Crippen molar-refractivity contribution in [3.05, 3.63) is 36.0 Å². The summed E-state index contributed by atoms with van der Waals surface area (Å²) in [6.45, 7) is 0.752. The Morgan fingerprint density at radius 3 is 2.94 bits per heavy atom. The first kappa shape index (κ1) is 12.0. The summed E-state index contributed by atoms with van der Waals surface area (Å²) in [5.74, 6) is 0. The average Bonchev–Trinajstić information content (AvgIpc) is 2.78. The molecule has 17 heavy (non-hydrogen) atoms. The van der Waals surface area contributed by atoms with E-state index in [-0.39, 0.29) is 5.24 Å². The lowest BCUT2D eigenvalue weighted by Crippen LogP contribution is -2.24. The lowest BCUT2D eigenvalue weighted by molar-refractivity contribution is 0.234. The Morgan fingerprint density at radius 2 is 2.18 bits per heavy atom. The summed E-state index contributed by atoms with van der Waals surface area (Å²) < 4.78 is 0. The first-order valence-electron chi connectivity index (χ1n) is 5.56. The van der Waals surface area contributed by atoms with Gasteiger partial charge in [-0.15, -0.1) is 0 Å². The largest absolute Gasteiger partial charge is 0.361 e. The van der Waals surface area contributed by atoms with Crippen LogP contribution < -0.4 is 0 Å². The second kappa shape index (κ2) is 5.27. The van der Waals surface area contributed by atoms with Crippen LogP contribution in [0.5, 0.6) is 0 Å². The highest BCUT2D eigenvalue weighted by Gasteiger charge is 2.08. The summed E-state index contributed by atoms with van der Waals surface area (Å²) >= 11 is 1.25. The summed E-state index contributed by atoms with van der Waals surface area (Å²) in [6.07, 6.45) is 4.72. The number of amides is 1. The number of rotatable bonds is 3. The number of carbonyl (C=O) groups excluding carboxylic acids is 1. The third-order valence-electron chi connectivity index (χ3n) is 2.88. The molecule has 0 spiro atoms. The van der Waals surface area contributed by atoms with Gasteiger partial charge in [-0.25, -0.2) is 0 Å². The second-order valence-electron chi connectivity index (χ2n) is 4.00. The number of H-pyrrole nitrogens is 1. The number of para-hydroxylation sites is 1. The van der Waals surface area contributed by atoms with Gasteiger partial charge < -0.3 is 9.88 Å². The molecule has 0 aliphatic rings. The van der Waals surface area contributed by atoms with Crippen molar-refractivity contribution in [2.75, 3.05) is 19.8 Å². The van der Waals surface area contributed by atoms with Crippen LogP contribution in [0, 0.1) is 0 Å². The van der Waals surface area contributed by atoms with E-state index in [4.69, 9.17) is 0 Å². The van der Waals surface area contributed by atoms with Crippen LogP contribution in [0.4, 0.5) is 4.79 Å². The Morgan fingerprint density at radius 1 is 1.41 bits per heavy atom. The Kier molecular flexibility index (Phi) is 3.74. The molecule has 0 saturated carbocycles. The number of aromatic amines is 1. The van der Waals surface area contributed by atoms with Gasteiger partial charge in [0.05, 0.1) is 0 Å². The van der Waals surface area contributed by atoms with Gasteiger partial charge in [-0.3, -0.25) is 4.79 Å². The Balaban J connectivity index is 2.07. The van der Waals surface area contributed by atoms with Crippen molar-refractivity contribution in [2.45, 2.75) is 6.42 Å². The van der Waals surface area contributed by atoms with E-state index in [0.717, 1.165) is 18.5 Å². The van der Waals surface area contributed by atoms with E-state index >= 15 is 0 Å². The van der Waals surface area contributed by atoms with Crippen molar-refractivity contribution < 1.29 is 4.79 Å². The molecule has 1 aromatic carbocycles. The molecule has 0 bridgehead atoms. The molecule has 0 radical (unpaired) electrons. The van der Waals surface area contributed by atoms with E-state index in [2.05, 4.69) is 17.1 Å². The maximum absolute atomic E-state index is 11.4. The van der Waals surface area contributed by atoms with Crippen LogP contribution in [-0.4, -0.2) is 35.0 Å². The molecule has 4 heteroatoms. The molecule has 0 saturated heterocycles. The third-order valence-corrected chi connectivity index (χ3v) is 3.54. The fourth-order valence-corrected chi connectivity index (χ4v) is 2.28. The molecule has 90 valence electrons. The number of thioether (sulfide) groups is 1. The minimum Gasteiger partial charge on any atom is -0.361 e. The van der Waals surface area contributed by atoms with E-state index in [0.29, 0.717) is 0 Å². The number of carbonyl (C=O) groups is 1. The van der Waals surface area contributed by atoms with Gasteiger partial charge in [0.25, 0.3) is 5.24 Å². The van der Waals surface area contributed by atoms with Gasteiger partial charge in [0.15, 0.2) is 0 Å². The molecule has 0 fully saturated rings. The first-order valence-corrected chi connectivity index (χ1v) is 6.79. The van der Waals surface area contributed by atoms with E-state index in [9.17, 15) is 4.79 Å². The van der Waals surface area contributed by atoms with Gasteiger partial charge in [0.1, 0.15) is 0 Å². The first-order chi connectivity index (χ1) is 8.22. The molecule has 1 amide bonds. The number of fused-ring (bicyclic) bond motifs is 1. The molecule has 1 aromatic heterocycles. The zero-order valence-electron chi connectivity index (χ0n) is 10.1. The fourth-order valence-electron chi connectivity index (χ4n) is 1.87. The van der Waals surface area contributed by atoms with Crippen molar-refractivity contribution in [2.24, 2.45) is 0 Å². The van der Waals surface area contributed by atoms with Gasteiger partial charge in [-0.05, 0) is 24.3 Å². The maximum atomic E-state index is 11.4. The number of aromatic nitrogens is 1. The molecule has 3 nitrogen and oxygen atoms in total. The summed E-state index contributed by atoms with van der Waals surface area (Å²) in [4.78, 5) is 16.4. The zero-order chi connectivity index (χ0) is 12.3. The summed E-state index contributed by atoms with van der Waals surface area (Å²) in [7, 11) is 1.84. The van der Waals surface area contributed by atoms with Crippen molar-refractivity contribution >= 4 is 27.9 Å². The second-order valence-corrected chi connectivity index (χ2v) is 4.76. The Labute approximate surface area is 105 Å². The SMILES string of the molecule is CSC(=O)N(C)CCc1c[nH]c2ccccc12. The monoisotopic (exact) mass is 248 g/mol. The lowest BCUT2D eigenvalue weighted by atomic mass is 10.1. The topological polar surface area (TPSA) is 36.1 Å². The number of likely N-dealkylation sites (N-methyl/N-ethyl adjacent to an activating group) is 1.